The van der Waals surface area contributed by atoms with E-state index in [9.17, 15) is 10.2 Å². The number of allylic oxidation sites excluding steroid dienone is 1. The maximum Gasteiger partial charge on any atom is 0.129 e. The summed E-state index contributed by atoms with van der Waals surface area (Å²) in [5.41, 5.74) is 8.79. The Morgan fingerprint density at radius 2 is 1.57 bits per heavy atom. The molecule has 35 heavy (non-hydrogen) atoms. The summed E-state index contributed by atoms with van der Waals surface area (Å²) in [7, 11) is 0. The standard InChI is InChI=1S/C31H26N2O2/c1-16-7-8-21-22(12-16)24-15-26(33-31(24)29-23(21)13-20(34)14-27(29)35)30(25-6-5-9-32-25)28-18(3)10-17(2)11-19(28)4/h5-15,32,34-35H,1-4H3/b30-26-. The zero-order valence-electron chi connectivity index (χ0n) is 20.2. The van der Waals surface area contributed by atoms with Crippen LogP contribution < -0.4 is 10.6 Å². The van der Waals surface area contributed by atoms with E-state index in [1.165, 1.54) is 22.8 Å². The average molecular weight is 459 g/mol. The Balaban J connectivity index is 1.83. The molecule has 0 amide bonds. The number of aromatic nitrogens is 1. The van der Waals surface area contributed by atoms with Crippen molar-refractivity contribution in [1.29, 1.82) is 0 Å². The predicted molar refractivity (Wildman–Crippen MR) is 142 cm³/mol. The summed E-state index contributed by atoms with van der Waals surface area (Å²) < 4.78 is 0. The Morgan fingerprint density at radius 3 is 2.29 bits per heavy atom. The molecular weight excluding hydrogens is 432 g/mol. The Bertz CT molecular complexity index is 1820. The van der Waals surface area contributed by atoms with E-state index in [2.05, 4.69) is 75.2 Å². The van der Waals surface area contributed by atoms with E-state index in [1.54, 1.807) is 6.07 Å². The summed E-state index contributed by atoms with van der Waals surface area (Å²) in [6, 6.07) is 17.9. The van der Waals surface area contributed by atoms with Crippen molar-refractivity contribution in [2.45, 2.75) is 27.7 Å². The number of H-pyrrole nitrogens is 1. The number of rotatable bonds is 2. The Kier molecular flexibility index (Phi) is 4.61. The van der Waals surface area contributed by atoms with Gasteiger partial charge >= 0.3 is 0 Å². The minimum atomic E-state index is 0.0289. The van der Waals surface area contributed by atoms with Crippen LogP contribution in [0.5, 0.6) is 11.5 Å². The quantitative estimate of drug-likeness (QED) is 0.291. The molecule has 0 aliphatic carbocycles. The summed E-state index contributed by atoms with van der Waals surface area (Å²) in [6.45, 7) is 8.47. The molecule has 5 aromatic rings. The first-order chi connectivity index (χ1) is 16.8. The molecule has 4 nitrogen and oxygen atoms in total. The second-order valence-electron chi connectivity index (χ2n) is 9.57. The van der Waals surface area contributed by atoms with Crippen molar-refractivity contribution in [3.63, 3.8) is 0 Å². The number of hydrogen-bond donors (Lipinski definition) is 3. The van der Waals surface area contributed by atoms with E-state index >= 15 is 0 Å². The molecule has 0 saturated heterocycles. The van der Waals surface area contributed by atoms with Gasteiger partial charge in [0.25, 0.3) is 0 Å². The van der Waals surface area contributed by atoms with Gasteiger partial charge in [0.05, 0.1) is 16.4 Å². The van der Waals surface area contributed by atoms with Crippen LogP contribution in [0.1, 0.15) is 33.5 Å². The van der Waals surface area contributed by atoms with Crippen molar-refractivity contribution in [2.75, 3.05) is 0 Å². The van der Waals surface area contributed by atoms with Gasteiger partial charge in [0, 0.05) is 28.7 Å². The third-order valence-corrected chi connectivity index (χ3v) is 6.91. The molecule has 1 aliphatic heterocycles. The van der Waals surface area contributed by atoms with E-state index < -0.39 is 0 Å². The van der Waals surface area contributed by atoms with E-state index in [1.807, 2.05) is 12.3 Å². The van der Waals surface area contributed by atoms with Crippen molar-refractivity contribution < 1.29 is 10.2 Å². The van der Waals surface area contributed by atoms with Crippen LogP contribution in [0.2, 0.25) is 0 Å². The van der Waals surface area contributed by atoms with Crippen LogP contribution in [0.25, 0.3) is 33.2 Å². The summed E-state index contributed by atoms with van der Waals surface area (Å²) in [5, 5.41) is 26.4. The van der Waals surface area contributed by atoms with Crippen LogP contribution in [0, 0.1) is 27.7 Å². The third-order valence-electron chi connectivity index (χ3n) is 6.91. The van der Waals surface area contributed by atoms with Gasteiger partial charge < -0.3 is 15.2 Å². The number of fused-ring (bicyclic) bond motifs is 6. The number of aromatic amines is 1. The van der Waals surface area contributed by atoms with Gasteiger partial charge in [-0.1, -0.05) is 41.5 Å². The van der Waals surface area contributed by atoms with Crippen LogP contribution in [0.4, 0.5) is 0 Å². The predicted octanol–water partition coefficient (Wildman–Crippen LogP) is 5.84. The maximum absolute atomic E-state index is 10.9. The number of benzene rings is 4. The van der Waals surface area contributed by atoms with Gasteiger partial charge in [-0.25, -0.2) is 4.99 Å². The molecule has 0 unspecified atom stereocenters. The number of hydrogen-bond acceptors (Lipinski definition) is 3. The Hall–Kier alpha value is -4.31. The lowest BCUT2D eigenvalue weighted by Crippen LogP contribution is -2.23. The molecule has 0 spiro atoms. The topological polar surface area (TPSA) is 68.6 Å². The SMILES string of the molecule is Cc1cc(C)c(/C(=C2/C=c3c(c4c(O)cc(O)cc4c4ccc(C)cc34)=N2)c2ccc[nH]2)c(C)c1. The van der Waals surface area contributed by atoms with Gasteiger partial charge in [0.1, 0.15) is 11.5 Å². The summed E-state index contributed by atoms with van der Waals surface area (Å²) >= 11 is 0. The molecule has 2 heterocycles. The second-order valence-corrected chi connectivity index (χ2v) is 9.57. The van der Waals surface area contributed by atoms with Gasteiger partial charge in [0.2, 0.25) is 0 Å². The zero-order chi connectivity index (χ0) is 24.4. The third kappa shape index (κ3) is 3.25. The largest absolute Gasteiger partial charge is 0.508 e. The maximum atomic E-state index is 10.9. The normalized spacial score (nSPS) is 14.2. The van der Waals surface area contributed by atoms with Crippen molar-refractivity contribution in [2.24, 2.45) is 4.99 Å². The molecule has 1 aromatic heterocycles. The highest BCUT2D eigenvalue weighted by Crippen LogP contribution is 2.36. The average Bonchev–Trinajstić information content (AvgIpc) is 3.46. The molecule has 0 fully saturated rings. The zero-order valence-corrected chi connectivity index (χ0v) is 20.2. The van der Waals surface area contributed by atoms with Crippen LogP contribution >= 0.6 is 0 Å². The van der Waals surface area contributed by atoms with E-state index in [0.717, 1.165) is 54.8 Å². The van der Waals surface area contributed by atoms with Crippen molar-refractivity contribution >= 4 is 33.2 Å². The molecular formula is C31H26N2O2. The first-order valence-corrected chi connectivity index (χ1v) is 11.8. The summed E-state index contributed by atoms with van der Waals surface area (Å²) in [5.74, 6) is 0.0637. The highest BCUT2D eigenvalue weighted by molar-refractivity contribution is 6.11. The molecule has 172 valence electrons. The lowest BCUT2D eigenvalue weighted by Gasteiger charge is -2.15. The minimum Gasteiger partial charge on any atom is -0.508 e. The summed E-state index contributed by atoms with van der Waals surface area (Å²) in [4.78, 5) is 8.54. The van der Waals surface area contributed by atoms with E-state index in [-0.39, 0.29) is 11.5 Å². The number of phenols is 2. The van der Waals surface area contributed by atoms with Gasteiger partial charge in [-0.2, -0.15) is 0 Å². The summed E-state index contributed by atoms with van der Waals surface area (Å²) in [6.07, 6.45) is 4.07. The molecule has 3 N–H and O–H groups in total. The van der Waals surface area contributed by atoms with Gasteiger partial charge in [-0.05, 0) is 84.8 Å². The molecule has 4 aromatic carbocycles. The first kappa shape index (κ1) is 21.2. The molecule has 4 heteroatoms. The van der Waals surface area contributed by atoms with E-state index in [4.69, 9.17) is 4.99 Å². The monoisotopic (exact) mass is 458 g/mol. The molecule has 0 atom stereocenters. The van der Waals surface area contributed by atoms with Crippen LogP contribution in [0.15, 0.2) is 71.5 Å². The fourth-order valence-electron chi connectivity index (χ4n) is 5.59. The van der Waals surface area contributed by atoms with Crippen molar-refractivity contribution in [3.8, 4) is 11.5 Å². The van der Waals surface area contributed by atoms with Gasteiger partial charge in [-0.15, -0.1) is 0 Å². The smallest absolute Gasteiger partial charge is 0.129 e. The Morgan fingerprint density at radius 1 is 0.800 bits per heavy atom. The first-order valence-electron chi connectivity index (χ1n) is 11.8. The highest BCUT2D eigenvalue weighted by Gasteiger charge is 2.21. The fraction of sp³-hybridized carbons (Fsp3) is 0.129. The number of aryl methyl sites for hydroxylation is 4. The number of nitrogens with one attached hydrogen (secondary N) is 1. The molecule has 0 radical (unpaired) electrons. The fourth-order valence-corrected chi connectivity index (χ4v) is 5.59. The molecule has 1 aliphatic rings. The van der Waals surface area contributed by atoms with Crippen LogP contribution in [-0.4, -0.2) is 15.2 Å². The van der Waals surface area contributed by atoms with Gasteiger partial charge in [-0.3, -0.25) is 0 Å². The minimum absolute atomic E-state index is 0.0289. The van der Waals surface area contributed by atoms with E-state index in [0.29, 0.717) is 5.39 Å². The highest BCUT2D eigenvalue weighted by atomic mass is 16.3. The van der Waals surface area contributed by atoms with Crippen LogP contribution in [0.3, 0.4) is 0 Å². The lowest BCUT2D eigenvalue weighted by molar-refractivity contribution is 0.455. The Labute approximate surface area is 203 Å². The molecule has 0 saturated carbocycles. The molecule has 6 rings (SSSR count). The van der Waals surface area contributed by atoms with Gasteiger partial charge in [0.15, 0.2) is 0 Å². The molecule has 0 bridgehead atoms. The number of aromatic hydroxyl groups is 2. The van der Waals surface area contributed by atoms with Crippen molar-refractivity contribution in [3.05, 3.63) is 111 Å². The lowest BCUT2D eigenvalue weighted by atomic mass is 9.90. The van der Waals surface area contributed by atoms with Crippen molar-refractivity contribution in [1.82, 2.24) is 4.98 Å². The van der Waals surface area contributed by atoms with Crippen LogP contribution in [-0.2, 0) is 0 Å². The second kappa shape index (κ2) is 7.60. The number of nitrogens with zero attached hydrogens (tertiary/aromatic N) is 1. The number of phenolic OH excluding ortho intramolecular Hbond substituents is 2.